The Balaban J connectivity index is 0.000001000. The van der Waals surface area contributed by atoms with E-state index in [-0.39, 0.29) is 29.6 Å². The number of nitrogens with one attached hydrogen (secondary N) is 1. The minimum absolute atomic E-state index is 0. The molecule has 0 saturated carbocycles. The number of hydrogen-bond donors (Lipinski definition) is 1. The predicted octanol–water partition coefficient (Wildman–Crippen LogP) is -4.85. The van der Waals surface area contributed by atoms with Gasteiger partial charge in [0.15, 0.2) is 0 Å². The van der Waals surface area contributed by atoms with E-state index in [1.54, 1.807) is 0 Å². The van der Waals surface area contributed by atoms with Crippen molar-refractivity contribution in [2.24, 2.45) is 7.05 Å². The molecule has 1 aromatic rings. The number of hydrogen-bond acceptors (Lipinski definition) is 3. The number of aromatic amines is 1. The summed E-state index contributed by atoms with van der Waals surface area (Å²) in [7, 11) is 1.29. The molecule has 0 fully saturated rings. The van der Waals surface area contributed by atoms with Crippen LogP contribution in [0.4, 0.5) is 0 Å². The van der Waals surface area contributed by atoms with E-state index in [1.807, 2.05) is 4.98 Å². The molecule has 0 bridgehead atoms. The fraction of sp³-hybridized carbons (Fsp3) is 0.200. The molecule has 0 aliphatic carbocycles. The van der Waals surface area contributed by atoms with E-state index in [0.29, 0.717) is 0 Å². The van der Waals surface area contributed by atoms with Gasteiger partial charge in [-0.1, -0.05) is 0 Å². The molecular formula is C5H5N2NaO3. The van der Waals surface area contributed by atoms with Crippen molar-refractivity contribution < 1.29 is 34.7 Å². The number of nitrogens with zero attached hydrogens (tertiary/aromatic N) is 1. The Bertz CT molecular complexity index is 322. The number of aromatic nitrogens is 2. The molecule has 0 aromatic carbocycles. The van der Waals surface area contributed by atoms with E-state index in [1.165, 1.54) is 7.05 Å². The minimum atomic E-state index is -0.683. The van der Waals surface area contributed by atoms with E-state index >= 15 is 0 Å². The van der Waals surface area contributed by atoms with Crippen molar-refractivity contribution in [2.45, 2.75) is 0 Å². The maximum absolute atomic E-state index is 10.6. The molecular weight excluding hydrogens is 159 g/mol. The molecule has 1 aromatic heterocycles. The van der Waals surface area contributed by atoms with Crippen molar-refractivity contribution in [3.8, 4) is 5.88 Å². The van der Waals surface area contributed by atoms with Crippen molar-refractivity contribution >= 4 is 0 Å². The second-order valence-corrected chi connectivity index (χ2v) is 1.84. The summed E-state index contributed by atoms with van der Waals surface area (Å²) in [4.78, 5) is 23.1. The summed E-state index contributed by atoms with van der Waals surface area (Å²) in [6.07, 6.45) is 0. The van der Waals surface area contributed by atoms with Gasteiger partial charge in [0.25, 0.3) is 5.56 Å². The Morgan fingerprint density at radius 1 is 1.55 bits per heavy atom. The molecule has 0 atom stereocenters. The van der Waals surface area contributed by atoms with Crippen LogP contribution in [0.3, 0.4) is 0 Å². The van der Waals surface area contributed by atoms with Gasteiger partial charge in [-0.2, -0.15) is 0 Å². The average Bonchev–Trinajstić information content (AvgIpc) is 1.82. The molecule has 0 aliphatic heterocycles. The van der Waals surface area contributed by atoms with Gasteiger partial charge in [-0.15, -0.1) is 0 Å². The third kappa shape index (κ3) is 2.21. The van der Waals surface area contributed by atoms with Crippen LogP contribution in [0.25, 0.3) is 0 Å². The van der Waals surface area contributed by atoms with Gasteiger partial charge in [0.2, 0.25) is 0 Å². The molecule has 0 unspecified atom stereocenters. The third-order valence-electron chi connectivity index (χ3n) is 1.12. The van der Waals surface area contributed by atoms with Crippen molar-refractivity contribution in [2.75, 3.05) is 0 Å². The van der Waals surface area contributed by atoms with Crippen LogP contribution in [-0.2, 0) is 7.05 Å². The molecule has 0 amide bonds. The summed E-state index contributed by atoms with van der Waals surface area (Å²) in [6.45, 7) is 0. The molecule has 5 nitrogen and oxygen atoms in total. The fourth-order valence-electron chi connectivity index (χ4n) is 0.534. The quantitative estimate of drug-likeness (QED) is 0.390. The van der Waals surface area contributed by atoms with Crippen LogP contribution in [0.2, 0.25) is 0 Å². The zero-order valence-electron chi connectivity index (χ0n) is 6.25. The molecule has 0 spiro atoms. The van der Waals surface area contributed by atoms with Crippen LogP contribution < -0.4 is 45.9 Å². The second kappa shape index (κ2) is 3.75. The molecule has 54 valence electrons. The predicted molar refractivity (Wildman–Crippen MR) is 31.7 cm³/mol. The third-order valence-corrected chi connectivity index (χ3v) is 1.12. The normalized spacial score (nSPS) is 8.82. The summed E-state index contributed by atoms with van der Waals surface area (Å²) in [5, 5.41) is 10.4. The monoisotopic (exact) mass is 164 g/mol. The van der Waals surface area contributed by atoms with Crippen LogP contribution in [0.15, 0.2) is 15.7 Å². The van der Waals surface area contributed by atoms with Crippen LogP contribution in [-0.4, -0.2) is 9.55 Å². The Kier molecular flexibility index (Phi) is 3.57. The Hall–Kier alpha value is -0.520. The van der Waals surface area contributed by atoms with Crippen LogP contribution >= 0.6 is 0 Å². The maximum Gasteiger partial charge on any atom is 1.00 e. The Labute approximate surface area is 84.0 Å². The maximum atomic E-state index is 10.6. The smallest absolute Gasteiger partial charge is 0.860 e. The van der Waals surface area contributed by atoms with Crippen molar-refractivity contribution in [3.05, 3.63) is 26.9 Å². The first-order valence-corrected chi connectivity index (χ1v) is 2.58. The molecule has 11 heavy (non-hydrogen) atoms. The van der Waals surface area contributed by atoms with Crippen LogP contribution in [0.1, 0.15) is 0 Å². The largest absolute Gasteiger partial charge is 1.00 e. The van der Waals surface area contributed by atoms with Crippen LogP contribution in [0, 0.1) is 0 Å². The van der Waals surface area contributed by atoms with E-state index < -0.39 is 17.1 Å². The van der Waals surface area contributed by atoms with E-state index in [0.717, 1.165) is 10.6 Å². The fourth-order valence-corrected chi connectivity index (χ4v) is 0.534. The second-order valence-electron chi connectivity index (χ2n) is 1.84. The topological polar surface area (TPSA) is 77.9 Å². The summed E-state index contributed by atoms with van der Waals surface area (Å²) >= 11 is 0. The SMILES string of the molecule is Cn1c(=O)cc([O-])[nH]c1=O.[Na+]. The summed E-state index contributed by atoms with van der Waals surface area (Å²) in [6, 6.07) is 0.821. The minimum Gasteiger partial charge on any atom is -0.860 e. The molecule has 1 N–H and O–H groups in total. The summed E-state index contributed by atoms with van der Waals surface area (Å²) in [5.74, 6) is -0.659. The Morgan fingerprint density at radius 2 is 2.09 bits per heavy atom. The molecule has 0 saturated heterocycles. The standard InChI is InChI=1S/C5H6N2O3.Na/c1-7-4(9)2-3(8)6-5(7)10;/h2,8H,1H3,(H,6,10);/q;+1/p-1. The molecule has 6 heteroatoms. The molecule has 0 radical (unpaired) electrons. The van der Waals surface area contributed by atoms with E-state index in [9.17, 15) is 14.7 Å². The van der Waals surface area contributed by atoms with E-state index in [4.69, 9.17) is 0 Å². The summed E-state index contributed by atoms with van der Waals surface area (Å²) in [5.41, 5.74) is -1.27. The first-order chi connectivity index (χ1) is 4.61. The number of rotatable bonds is 0. The zero-order valence-corrected chi connectivity index (χ0v) is 8.25. The molecule has 1 heterocycles. The van der Waals surface area contributed by atoms with Gasteiger partial charge in [0.05, 0.1) is 0 Å². The molecule has 0 aliphatic rings. The Morgan fingerprint density at radius 3 is 2.55 bits per heavy atom. The van der Waals surface area contributed by atoms with Crippen LogP contribution in [0.5, 0.6) is 5.88 Å². The van der Waals surface area contributed by atoms with E-state index in [2.05, 4.69) is 0 Å². The summed E-state index contributed by atoms with van der Waals surface area (Å²) < 4.78 is 0.821. The van der Waals surface area contributed by atoms with Gasteiger partial charge in [-0.05, 0) is 5.88 Å². The van der Waals surface area contributed by atoms with Crippen molar-refractivity contribution in [3.63, 3.8) is 0 Å². The van der Waals surface area contributed by atoms with Gasteiger partial charge in [0, 0.05) is 13.1 Å². The average molecular weight is 164 g/mol. The van der Waals surface area contributed by atoms with Gasteiger partial charge in [-0.25, -0.2) is 4.79 Å². The first-order valence-electron chi connectivity index (χ1n) is 2.58. The van der Waals surface area contributed by atoms with Crippen molar-refractivity contribution in [1.82, 2.24) is 9.55 Å². The zero-order chi connectivity index (χ0) is 7.72. The van der Waals surface area contributed by atoms with Gasteiger partial charge in [0.1, 0.15) is 0 Å². The van der Waals surface area contributed by atoms with Crippen molar-refractivity contribution in [1.29, 1.82) is 0 Å². The first kappa shape index (κ1) is 10.5. The molecule has 1 rings (SSSR count). The van der Waals surface area contributed by atoms with Gasteiger partial charge < -0.3 is 10.1 Å². The number of H-pyrrole nitrogens is 1. The van der Waals surface area contributed by atoms with Gasteiger partial charge in [-0.3, -0.25) is 9.36 Å². The van der Waals surface area contributed by atoms with Gasteiger partial charge >= 0.3 is 35.2 Å².